The molecule has 1 N–H and O–H groups in total. The predicted molar refractivity (Wildman–Crippen MR) is 123 cm³/mol. The Morgan fingerprint density at radius 1 is 0.655 bits per heavy atom. The molecule has 0 fully saturated rings. The fraction of sp³-hybridized carbons (Fsp3) is 0.600. The van der Waals surface area contributed by atoms with Crippen molar-refractivity contribution in [3.05, 3.63) is 42.0 Å². The van der Waals surface area contributed by atoms with Crippen molar-refractivity contribution in [3.63, 3.8) is 0 Å². The molecule has 0 spiro atoms. The molecule has 162 valence electrons. The summed E-state index contributed by atoms with van der Waals surface area (Å²) in [4.78, 5) is 0.00205. The Morgan fingerprint density at radius 2 is 1.14 bits per heavy atom. The quantitative estimate of drug-likeness (QED) is 0.238. The van der Waals surface area contributed by atoms with E-state index in [9.17, 15) is 13.0 Å². The molecule has 2 aromatic rings. The van der Waals surface area contributed by atoms with E-state index in [1.54, 1.807) is 6.07 Å². The van der Waals surface area contributed by atoms with Crippen LogP contribution in [0.25, 0.3) is 10.8 Å². The summed E-state index contributed by atoms with van der Waals surface area (Å²) in [7, 11) is -4.19. The lowest BCUT2D eigenvalue weighted by Gasteiger charge is -2.10. The largest absolute Gasteiger partial charge is 0.295 e. The van der Waals surface area contributed by atoms with Crippen LogP contribution in [0.5, 0.6) is 0 Å². The van der Waals surface area contributed by atoms with Gasteiger partial charge in [0.25, 0.3) is 10.1 Å². The van der Waals surface area contributed by atoms with Crippen LogP contribution in [0, 0.1) is 0 Å². The number of unbranched alkanes of at least 4 members (excludes halogenated alkanes) is 12. The van der Waals surface area contributed by atoms with Crippen molar-refractivity contribution in [2.24, 2.45) is 0 Å². The van der Waals surface area contributed by atoms with Gasteiger partial charge < -0.3 is 0 Å². The van der Waals surface area contributed by atoms with E-state index in [-0.39, 0.29) is 4.90 Å². The molecular weight excluding hydrogens is 380 g/mol. The Labute approximate surface area is 177 Å². The van der Waals surface area contributed by atoms with Gasteiger partial charge in [0.1, 0.15) is 4.90 Å². The topological polar surface area (TPSA) is 54.4 Å². The third-order valence-corrected chi connectivity index (χ3v) is 6.71. The number of benzene rings is 2. The van der Waals surface area contributed by atoms with Crippen LogP contribution in [0.4, 0.5) is 0 Å². The van der Waals surface area contributed by atoms with Crippen LogP contribution < -0.4 is 0 Å². The van der Waals surface area contributed by atoms with Gasteiger partial charge in [0.05, 0.1) is 0 Å². The Bertz CT molecular complexity index is 827. The molecule has 0 saturated carbocycles. The molecule has 0 unspecified atom stereocenters. The molecule has 29 heavy (non-hydrogen) atoms. The van der Waals surface area contributed by atoms with Gasteiger partial charge in [-0.3, -0.25) is 4.55 Å². The van der Waals surface area contributed by atoms with Gasteiger partial charge in [0.15, 0.2) is 0 Å². The second-order valence-corrected chi connectivity index (χ2v) is 9.63. The standard InChI is InChI=1S/C25H38O3S/c1-2-3-4-5-6-7-8-9-10-11-12-13-14-17-22-20-21-25(29(26,27)28)24-19-16-15-18-23(22)24/h15-16,18-21H,2-14,17H2,1H3,(H,26,27,28). The van der Waals surface area contributed by atoms with E-state index in [2.05, 4.69) is 6.92 Å². The molecule has 0 aliphatic heterocycles. The summed E-state index contributed by atoms with van der Waals surface area (Å²) < 4.78 is 32.6. The van der Waals surface area contributed by atoms with Crippen molar-refractivity contribution in [1.82, 2.24) is 0 Å². The summed E-state index contributed by atoms with van der Waals surface area (Å²) in [6.45, 7) is 2.27. The zero-order valence-corrected chi connectivity index (χ0v) is 18.9. The first-order valence-electron chi connectivity index (χ1n) is 11.5. The average Bonchev–Trinajstić information content (AvgIpc) is 2.70. The number of rotatable bonds is 15. The van der Waals surface area contributed by atoms with E-state index in [0.717, 1.165) is 23.8 Å². The van der Waals surface area contributed by atoms with E-state index in [1.807, 2.05) is 24.3 Å². The zero-order chi connectivity index (χ0) is 21.0. The third kappa shape index (κ3) is 8.47. The SMILES string of the molecule is CCCCCCCCCCCCCCCc1ccc(S(=O)(=O)O)c2ccccc12. The summed E-state index contributed by atoms with van der Waals surface area (Å²) >= 11 is 0. The lowest BCUT2D eigenvalue weighted by molar-refractivity contribution is 0.484. The fourth-order valence-electron chi connectivity index (χ4n) is 4.11. The lowest BCUT2D eigenvalue weighted by atomic mass is 9.99. The molecule has 0 amide bonds. The Hall–Kier alpha value is -1.39. The highest BCUT2D eigenvalue weighted by atomic mass is 32.2. The molecule has 0 bridgehead atoms. The van der Waals surface area contributed by atoms with E-state index < -0.39 is 10.1 Å². The summed E-state index contributed by atoms with van der Waals surface area (Å²) in [6.07, 6.45) is 18.3. The van der Waals surface area contributed by atoms with Crippen LogP contribution in [0.3, 0.4) is 0 Å². The Morgan fingerprint density at radius 3 is 1.66 bits per heavy atom. The van der Waals surface area contributed by atoms with Crippen molar-refractivity contribution in [2.45, 2.75) is 102 Å². The molecule has 3 nitrogen and oxygen atoms in total. The maximum Gasteiger partial charge on any atom is 0.295 e. The fourth-order valence-corrected chi connectivity index (χ4v) is 4.81. The molecule has 0 heterocycles. The van der Waals surface area contributed by atoms with Crippen molar-refractivity contribution >= 4 is 20.9 Å². The van der Waals surface area contributed by atoms with Crippen LogP contribution in [0.1, 0.15) is 96.0 Å². The Balaban J connectivity index is 1.65. The van der Waals surface area contributed by atoms with Crippen LogP contribution in [0.15, 0.2) is 41.3 Å². The van der Waals surface area contributed by atoms with Crippen LogP contribution in [0.2, 0.25) is 0 Å². The normalized spacial score (nSPS) is 11.9. The highest BCUT2D eigenvalue weighted by Gasteiger charge is 2.15. The van der Waals surface area contributed by atoms with Gasteiger partial charge in [0.2, 0.25) is 0 Å². The number of hydrogen-bond donors (Lipinski definition) is 1. The number of fused-ring (bicyclic) bond motifs is 1. The molecule has 0 atom stereocenters. The second-order valence-electron chi connectivity index (χ2n) is 8.24. The molecule has 0 aromatic heterocycles. The molecule has 4 heteroatoms. The summed E-state index contributed by atoms with van der Waals surface area (Å²) in [5.74, 6) is 0. The van der Waals surface area contributed by atoms with Gasteiger partial charge in [-0.05, 0) is 29.9 Å². The van der Waals surface area contributed by atoms with E-state index >= 15 is 0 Å². The van der Waals surface area contributed by atoms with Gasteiger partial charge in [-0.2, -0.15) is 8.42 Å². The monoisotopic (exact) mass is 418 g/mol. The predicted octanol–water partition coefficient (Wildman–Crippen LogP) is 7.72. The van der Waals surface area contributed by atoms with Crippen molar-refractivity contribution < 1.29 is 13.0 Å². The average molecular weight is 419 g/mol. The zero-order valence-electron chi connectivity index (χ0n) is 18.0. The summed E-state index contributed by atoms with van der Waals surface area (Å²) in [5.41, 5.74) is 1.16. The number of aryl methyl sites for hydroxylation is 1. The molecule has 2 rings (SSSR count). The van der Waals surface area contributed by atoms with Gasteiger partial charge in [-0.1, -0.05) is 114 Å². The minimum atomic E-state index is -4.19. The van der Waals surface area contributed by atoms with Gasteiger partial charge >= 0.3 is 0 Å². The maximum atomic E-state index is 11.6. The molecule has 0 radical (unpaired) electrons. The molecule has 0 saturated heterocycles. The maximum absolute atomic E-state index is 11.6. The van der Waals surface area contributed by atoms with Crippen LogP contribution in [-0.2, 0) is 16.5 Å². The second kappa shape index (κ2) is 13.0. The molecule has 0 aliphatic carbocycles. The highest BCUT2D eigenvalue weighted by Crippen LogP contribution is 2.27. The van der Waals surface area contributed by atoms with Crippen LogP contribution in [-0.4, -0.2) is 13.0 Å². The van der Waals surface area contributed by atoms with E-state index in [1.165, 1.54) is 83.1 Å². The van der Waals surface area contributed by atoms with Crippen molar-refractivity contribution in [2.75, 3.05) is 0 Å². The first-order valence-corrected chi connectivity index (χ1v) is 13.0. The minimum absolute atomic E-state index is 0.00205. The van der Waals surface area contributed by atoms with Crippen LogP contribution >= 0.6 is 0 Å². The minimum Gasteiger partial charge on any atom is -0.282 e. The highest BCUT2D eigenvalue weighted by molar-refractivity contribution is 7.86. The van der Waals surface area contributed by atoms with Crippen molar-refractivity contribution in [1.29, 1.82) is 0 Å². The first-order chi connectivity index (χ1) is 14.0. The molecular formula is C25H38O3S. The Kier molecular flexibility index (Phi) is 10.7. The van der Waals surface area contributed by atoms with Crippen molar-refractivity contribution in [3.8, 4) is 0 Å². The summed E-state index contributed by atoms with van der Waals surface area (Å²) in [6, 6.07) is 10.8. The molecule has 2 aromatic carbocycles. The van der Waals surface area contributed by atoms with Gasteiger partial charge in [0, 0.05) is 5.39 Å². The van der Waals surface area contributed by atoms with E-state index in [0.29, 0.717) is 5.39 Å². The summed E-state index contributed by atoms with van der Waals surface area (Å²) in [5, 5.41) is 1.55. The smallest absolute Gasteiger partial charge is 0.282 e. The number of hydrogen-bond acceptors (Lipinski definition) is 2. The lowest BCUT2D eigenvalue weighted by Crippen LogP contribution is -2.00. The van der Waals surface area contributed by atoms with Gasteiger partial charge in [-0.15, -0.1) is 0 Å². The molecule has 0 aliphatic rings. The van der Waals surface area contributed by atoms with Gasteiger partial charge in [-0.25, -0.2) is 0 Å². The third-order valence-electron chi connectivity index (χ3n) is 5.80. The first kappa shape index (κ1) is 23.9. The van der Waals surface area contributed by atoms with E-state index in [4.69, 9.17) is 0 Å².